The van der Waals surface area contributed by atoms with E-state index in [1.54, 1.807) is 0 Å². The Hall–Kier alpha value is -3.52. The first-order valence-corrected chi connectivity index (χ1v) is 6.66. The molecule has 0 saturated carbocycles. The van der Waals surface area contributed by atoms with Gasteiger partial charge in [0.2, 0.25) is 0 Å². The van der Waals surface area contributed by atoms with Crippen LogP contribution >= 0.6 is 0 Å². The fraction of sp³-hybridized carbons (Fsp3) is 0. The number of phenols is 1. The lowest BCUT2D eigenvalue weighted by molar-refractivity contribution is 0.0692. The first kappa shape index (κ1) is 14.4. The second-order valence-electron chi connectivity index (χ2n) is 4.78. The number of aromatic hydroxyl groups is 1. The van der Waals surface area contributed by atoms with Crippen LogP contribution in [0.15, 0.2) is 57.7 Å². The molecule has 0 bridgehead atoms. The topological polar surface area (TPSA) is 87.7 Å². The second-order valence-corrected chi connectivity index (χ2v) is 4.78. The van der Waals surface area contributed by atoms with Crippen LogP contribution in [0.1, 0.15) is 21.5 Å². The molecule has 2 aromatic carbocycles. The number of carbonyl (C=O) groups is 1. The third-order valence-electron chi connectivity index (χ3n) is 3.20. The van der Waals surface area contributed by atoms with Gasteiger partial charge in [0.1, 0.15) is 16.9 Å². The standard InChI is InChI=1S/C18H10O5/c19-15-10-16-13(9-14(17(20)21)18(22)23-16)8-12(15)7-6-11-4-2-1-3-5-11/h1-5,8-10,19H,(H,20,21). The molecule has 0 amide bonds. The number of aromatic carboxylic acids is 1. The molecule has 0 fully saturated rings. The van der Waals surface area contributed by atoms with Gasteiger partial charge in [0.15, 0.2) is 0 Å². The summed E-state index contributed by atoms with van der Waals surface area (Å²) < 4.78 is 4.91. The van der Waals surface area contributed by atoms with Gasteiger partial charge in [-0.3, -0.25) is 0 Å². The second kappa shape index (κ2) is 5.70. The highest BCUT2D eigenvalue weighted by molar-refractivity contribution is 5.92. The smallest absolute Gasteiger partial charge is 0.351 e. The van der Waals surface area contributed by atoms with Gasteiger partial charge in [-0.05, 0) is 24.3 Å². The number of carboxylic acid groups (broad SMARTS) is 1. The van der Waals surface area contributed by atoms with E-state index in [1.165, 1.54) is 18.2 Å². The highest BCUT2D eigenvalue weighted by atomic mass is 16.4. The van der Waals surface area contributed by atoms with Crippen LogP contribution in [0, 0.1) is 11.8 Å². The summed E-state index contributed by atoms with van der Waals surface area (Å²) in [5, 5.41) is 19.3. The van der Waals surface area contributed by atoms with E-state index in [1.807, 2.05) is 30.3 Å². The molecular weight excluding hydrogens is 296 g/mol. The zero-order chi connectivity index (χ0) is 16.4. The van der Waals surface area contributed by atoms with Gasteiger partial charge in [0.05, 0.1) is 5.56 Å². The number of rotatable bonds is 1. The molecule has 0 aliphatic heterocycles. The monoisotopic (exact) mass is 306 g/mol. The van der Waals surface area contributed by atoms with Crippen LogP contribution in [-0.4, -0.2) is 16.2 Å². The average molecular weight is 306 g/mol. The fourth-order valence-corrected chi connectivity index (χ4v) is 2.07. The summed E-state index contributed by atoms with van der Waals surface area (Å²) in [4.78, 5) is 22.5. The van der Waals surface area contributed by atoms with E-state index in [0.717, 1.165) is 5.56 Å². The van der Waals surface area contributed by atoms with Crippen molar-refractivity contribution in [2.24, 2.45) is 0 Å². The molecule has 0 saturated heterocycles. The van der Waals surface area contributed by atoms with Gasteiger partial charge in [-0.2, -0.15) is 0 Å². The van der Waals surface area contributed by atoms with Crippen LogP contribution in [0.25, 0.3) is 11.0 Å². The highest BCUT2D eigenvalue weighted by Crippen LogP contribution is 2.24. The van der Waals surface area contributed by atoms with E-state index >= 15 is 0 Å². The fourth-order valence-electron chi connectivity index (χ4n) is 2.07. The van der Waals surface area contributed by atoms with Crippen LogP contribution in [0.4, 0.5) is 0 Å². The first-order chi connectivity index (χ1) is 11.0. The van der Waals surface area contributed by atoms with Crippen LogP contribution in [0.5, 0.6) is 5.75 Å². The molecule has 5 heteroatoms. The summed E-state index contributed by atoms with van der Waals surface area (Å²) in [7, 11) is 0. The molecule has 1 aromatic heterocycles. The predicted molar refractivity (Wildman–Crippen MR) is 83.5 cm³/mol. The van der Waals surface area contributed by atoms with Crippen LogP contribution in [0.2, 0.25) is 0 Å². The average Bonchev–Trinajstić information content (AvgIpc) is 2.53. The minimum atomic E-state index is -1.37. The minimum absolute atomic E-state index is 0.0998. The van der Waals surface area contributed by atoms with E-state index in [4.69, 9.17) is 9.52 Å². The van der Waals surface area contributed by atoms with Gasteiger partial charge in [-0.15, -0.1) is 0 Å². The van der Waals surface area contributed by atoms with Gasteiger partial charge < -0.3 is 14.6 Å². The lowest BCUT2D eigenvalue weighted by Gasteiger charge is -2.02. The summed E-state index contributed by atoms with van der Waals surface area (Å²) in [6.07, 6.45) is 0. The minimum Gasteiger partial charge on any atom is -0.507 e. The molecule has 2 N–H and O–H groups in total. The number of hydrogen-bond donors (Lipinski definition) is 2. The molecule has 3 rings (SSSR count). The van der Waals surface area contributed by atoms with E-state index in [0.29, 0.717) is 10.9 Å². The Morgan fingerprint density at radius 1 is 1.04 bits per heavy atom. The Kier molecular flexibility index (Phi) is 3.57. The maximum atomic E-state index is 11.5. The van der Waals surface area contributed by atoms with Gasteiger partial charge in [0.25, 0.3) is 0 Å². The van der Waals surface area contributed by atoms with Crippen molar-refractivity contribution in [2.45, 2.75) is 0 Å². The van der Waals surface area contributed by atoms with Crippen LogP contribution < -0.4 is 5.63 Å². The maximum absolute atomic E-state index is 11.5. The normalized spacial score (nSPS) is 10.1. The van der Waals surface area contributed by atoms with E-state index in [-0.39, 0.29) is 11.3 Å². The maximum Gasteiger partial charge on any atom is 0.351 e. The van der Waals surface area contributed by atoms with Crippen molar-refractivity contribution in [1.82, 2.24) is 0 Å². The lowest BCUT2D eigenvalue weighted by atomic mass is 10.1. The Balaban J connectivity index is 2.14. The highest BCUT2D eigenvalue weighted by Gasteiger charge is 2.13. The molecule has 23 heavy (non-hydrogen) atoms. The number of phenolic OH excluding ortho intramolecular Hbond substituents is 1. The van der Waals surface area contributed by atoms with Crippen LogP contribution in [-0.2, 0) is 0 Å². The lowest BCUT2D eigenvalue weighted by Crippen LogP contribution is -2.12. The van der Waals surface area contributed by atoms with Crippen molar-refractivity contribution >= 4 is 16.9 Å². The molecule has 1 heterocycles. The Labute approximate surface area is 130 Å². The molecule has 0 unspecified atom stereocenters. The van der Waals surface area contributed by atoms with Crippen molar-refractivity contribution in [3.8, 4) is 17.6 Å². The number of benzene rings is 2. The molecule has 0 aliphatic carbocycles. The van der Waals surface area contributed by atoms with E-state index in [2.05, 4.69) is 11.8 Å². The van der Waals surface area contributed by atoms with Crippen molar-refractivity contribution in [1.29, 1.82) is 0 Å². The van der Waals surface area contributed by atoms with Crippen molar-refractivity contribution in [3.63, 3.8) is 0 Å². The molecule has 0 radical (unpaired) electrons. The summed E-state index contributed by atoms with van der Waals surface area (Å²) in [6, 6.07) is 13.1. The summed E-state index contributed by atoms with van der Waals surface area (Å²) in [6.45, 7) is 0. The summed E-state index contributed by atoms with van der Waals surface area (Å²) in [5.74, 6) is 4.20. The van der Waals surface area contributed by atoms with E-state index in [9.17, 15) is 14.7 Å². The van der Waals surface area contributed by atoms with Crippen molar-refractivity contribution < 1.29 is 19.4 Å². The zero-order valence-electron chi connectivity index (χ0n) is 11.7. The largest absolute Gasteiger partial charge is 0.507 e. The molecule has 5 nitrogen and oxygen atoms in total. The van der Waals surface area contributed by atoms with Crippen molar-refractivity contribution in [3.05, 3.63) is 75.6 Å². The first-order valence-electron chi connectivity index (χ1n) is 6.66. The Morgan fingerprint density at radius 2 is 1.78 bits per heavy atom. The number of hydrogen-bond acceptors (Lipinski definition) is 4. The molecule has 3 aromatic rings. The quantitative estimate of drug-likeness (QED) is 0.533. The summed E-state index contributed by atoms with van der Waals surface area (Å²) in [5.41, 5.74) is -0.246. The van der Waals surface area contributed by atoms with E-state index < -0.39 is 17.2 Å². The predicted octanol–water partition coefficient (Wildman–Crippen LogP) is 2.60. The Bertz CT molecular complexity index is 1020. The van der Waals surface area contributed by atoms with Crippen molar-refractivity contribution in [2.75, 3.05) is 0 Å². The molecule has 0 spiro atoms. The zero-order valence-corrected chi connectivity index (χ0v) is 11.7. The molecule has 112 valence electrons. The third kappa shape index (κ3) is 2.92. The molecule has 0 atom stereocenters. The third-order valence-corrected chi connectivity index (χ3v) is 3.20. The molecule has 0 aliphatic rings. The Morgan fingerprint density at radius 3 is 2.48 bits per heavy atom. The number of carboxylic acids is 1. The van der Waals surface area contributed by atoms with Gasteiger partial charge in [-0.1, -0.05) is 30.0 Å². The SMILES string of the molecule is O=C(O)c1cc2cc(C#Cc3ccccc3)c(O)cc2oc1=O. The molecular formula is C18H10O5. The summed E-state index contributed by atoms with van der Waals surface area (Å²) >= 11 is 0. The number of fused-ring (bicyclic) bond motifs is 1. The van der Waals surface area contributed by atoms with Gasteiger partial charge in [0, 0.05) is 17.0 Å². The van der Waals surface area contributed by atoms with Crippen LogP contribution in [0.3, 0.4) is 0 Å². The van der Waals surface area contributed by atoms with Gasteiger partial charge >= 0.3 is 11.6 Å². The van der Waals surface area contributed by atoms with Gasteiger partial charge in [-0.25, -0.2) is 9.59 Å².